The maximum absolute atomic E-state index is 11.5. The van der Waals surface area contributed by atoms with Crippen molar-refractivity contribution >= 4 is 43.7 Å². The van der Waals surface area contributed by atoms with Crippen molar-refractivity contribution in [3.8, 4) is 68.2 Å². The molecule has 1 spiro atoms. The van der Waals surface area contributed by atoms with Crippen LogP contribution in [0.4, 0.5) is 0 Å². The molecule has 3 heterocycles. The molecule has 6 heteroatoms. The summed E-state index contributed by atoms with van der Waals surface area (Å²) in [6, 6.07) is 72.6. The summed E-state index contributed by atoms with van der Waals surface area (Å²) < 4.78 is 9.24. The Kier molecular flexibility index (Phi) is 7.29. The van der Waals surface area contributed by atoms with Crippen molar-refractivity contribution in [2.45, 2.75) is 5.41 Å². The minimum absolute atomic E-state index is 0.420. The van der Waals surface area contributed by atoms with Gasteiger partial charge in [-0.05, 0) is 74.8 Å². The van der Waals surface area contributed by atoms with Gasteiger partial charge in [0.05, 0.1) is 38.6 Å². The summed E-state index contributed by atoms with van der Waals surface area (Å²) in [5.41, 5.74) is 16.3. The van der Waals surface area contributed by atoms with Gasteiger partial charge in [0.1, 0.15) is 17.2 Å². The molecule has 9 aromatic carbocycles. The Balaban J connectivity index is 1.11. The average Bonchev–Trinajstić information content (AvgIpc) is 4.09. The van der Waals surface area contributed by atoms with E-state index in [1.54, 1.807) is 0 Å². The van der Waals surface area contributed by atoms with E-state index in [1.165, 1.54) is 44.5 Å². The minimum atomic E-state index is -0.542. The number of nitriles is 1. The number of hydrogen-bond acceptors (Lipinski definition) is 5. The third-order valence-corrected chi connectivity index (χ3v) is 13.7. The van der Waals surface area contributed by atoms with Gasteiger partial charge in [-0.1, -0.05) is 170 Å². The van der Waals surface area contributed by atoms with Crippen LogP contribution in [0.3, 0.4) is 0 Å². The second-order valence-corrected chi connectivity index (χ2v) is 16.9. The summed E-state index contributed by atoms with van der Waals surface area (Å²) in [6.07, 6.45) is 0. The lowest BCUT2D eigenvalue weighted by atomic mass is 9.70. The van der Waals surface area contributed by atoms with Gasteiger partial charge in [-0.15, -0.1) is 0 Å². The predicted octanol–water partition coefficient (Wildman–Crippen LogP) is 14.1. The molecule has 0 saturated carbocycles. The van der Waals surface area contributed by atoms with Gasteiger partial charge in [-0.3, -0.25) is 0 Å². The van der Waals surface area contributed by atoms with Crippen LogP contribution >= 0.6 is 0 Å². The van der Waals surface area contributed by atoms with E-state index in [-0.39, 0.29) is 0 Å². The van der Waals surface area contributed by atoms with Crippen molar-refractivity contribution < 1.29 is 4.42 Å². The van der Waals surface area contributed by atoms with Crippen molar-refractivity contribution in [3.05, 3.63) is 228 Å². The third-order valence-electron chi connectivity index (χ3n) is 13.7. The van der Waals surface area contributed by atoms with Gasteiger partial charge >= 0.3 is 0 Å². The summed E-state index contributed by atoms with van der Waals surface area (Å²) in [6.45, 7) is 0. The maximum atomic E-state index is 11.5. The molecule has 3 aromatic heterocycles. The molecule has 0 saturated heterocycles. The van der Waals surface area contributed by atoms with Crippen LogP contribution in [0.1, 0.15) is 27.8 Å². The Morgan fingerprint density at radius 2 is 0.954 bits per heavy atom. The van der Waals surface area contributed by atoms with Crippen LogP contribution in [0.25, 0.3) is 106 Å². The fourth-order valence-corrected chi connectivity index (χ4v) is 11.1. The predicted molar refractivity (Wildman–Crippen MR) is 259 cm³/mol. The Bertz CT molecular complexity index is 3920. The van der Waals surface area contributed by atoms with Gasteiger partial charge in [0, 0.05) is 27.3 Å². The van der Waals surface area contributed by atoms with Gasteiger partial charge in [-0.2, -0.15) is 5.26 Å². The lowest BCUT2D eigenvalue weighted by Gasteiger charge is -2.30. The zero-order chi connectivity index (χ0) is 42.8. The lowest BCUT2D eigenvalue weighted by Crippen LogP contribution is -2.25. The van der Waals surface area contributed by atoms with E-state index in [1.807, 2.05) is 84.9 Å². The quantitative estimate of drug-likeness (QED) is 0.176. The second kappa shape index (κ2) is 13.3. The van der Waals surface area contributed by atoms with Crippen LogP contribution in [-0.2, 0) is 5.41 Å². The highest BCUT2D eigenvalue weighted by Gasteiger charge is 2.51. The van der Waals surface area contributed by atoms with Crippen LogP contribution in [0.2, 0.25) is 0 Å². The molecule has 2 aliphatic rings. The minimum Gasteiger partial charge on any atom is -0.455 e. The van der Waals surface area contributed by atoms with E-state index in [2.05, 4.69) is 126 Å². The van der Waals surface area contributed by atoms with Crippen molar-refractivity contribution in [2.24, 2.45) is 0 Å². The van der Waals surface area contributed by atoms with Crippen LogP contribution < -0.4 is 0 Å². The standard InChI is InChI=1S/C59H33N5O/c60-34-37-31-45(58-62-56(35-17-3-1-4-18-35)61-57(63-58)36-19-5-2-6-20-36)55-53(42-25-11-16-30-52(42)65-55)54(37)64-50-29-15-10-24-41(50)44-32-43-40-23-9-14-28-48(40)59(49(43)33-51(44)64)46-26-12-7-21-38(46)39-22-8-13-27-47(39)59/h1-33H. The number of para-hydroxylation sites is 2. The summed E-state index contributed by atoms with van der Waals surface area (Å²) in [5.74, 6) is 1.48. The van der Waals surface area contributed by atoms with E-state index >= 15 is 0 Å². The second-order valence-electron chi connectivity index (χ2n) is 16.9. The molecule has 14 rings (SSSR count). The van der Waals surface area contributed by atoms with Crippen LogP contribution in [-0.4, -0.2) is 19.5 Å². The summed E-state index contributed by atoms with van der Waals surface area (Å²) in [5, 5.41) is 15.4. The Hall–Kier alpha value is -8.92. The zero-order valence-corrected chi connectivity index (χ0v) is 34.7. The molecule has 6 nitrogen and oxygen atoms in total. The fraction of sp³-hybridized carbons (Fsp3) is 0.0169. The monoisotopic (exact) mass is 827 g/mol. The van der Waals surface area contributed by atoms with Crippen molar-refractivity contribution in [1.82, 2.24) is 19.5 Å². The molecule has 65 heavy (non-hydrogen) atoms. The maximum Gasteiger partial charge on any atom is 0.167 e. The topological polar surface area (TPSA) is 80.5 Å². The molecule has 0 bridgehead atoms. The molecule has 0 radical (unpaired) electrons. The number of nitrogens with zero attached hydrogens (tertiary/aromatic N) is 5. The molecule has 0 N–H and O–H groups in total. The van der Waals surface area contributed by atoms with Gasteiger partial charge in [-0.25, -0.2) is 15.0 Å². The van der Waals surface area contributed by atoms with Gasteiger partial charge < -0.3 is 8.98 Å². The number of furan rings is 1. The first kappa shape index (κ1) is 35.7. The first-order valence-electron chi connectivity index (χ1n) is 21.8. The summed E-state index contributed by atoms with van der Waals surface area (Å²) in [4.78, 5) is 15.2. The van der Waals surface area contributed by atoms with Gasteiger partial charge in [0.2, 0.25) is 0 Å². The third kappa shape index (κ3) is 4.79. The molecule has 0 amide bonds. The van der Waals surface area contributed by atoms with Gasteiger partial charge in [0.15, 0.2) is 17.5 Å². The largest absolute Gasteiger partial charge is 0.455 e. The molecule has 0 fully saturated rings. The number of benzene rings is 9. The Morgan fingerprint density at radius 1 is 0.431 bits per heavy atom. The number of fused-ring (bicyclic) bond motifs is 16. The molecular formula is C59H33N5O. The Labute approximate surface area is 373 Å². The van der Waals surface area contributed by atoms with E-state index in [0.29, 0.717) is 39.8 Å². The lowest BCUT2D eigenvalue weighted by molar-refractivity contribution is 0.669. The van der Waals surface area contributed by atoms with Crippen molar-refractivity contribution in [1.29, 1.82) is 5.26 Å². The Morgan fingerprint density at radius 3 is 1.58 bits per heavy atom. The highest BCUT2D eigenvalue weighted by molar-refractivity contribution is 6.18. The molecule has 0 aliphatic heterocycles. The molecule has 0 unspecified atom stereocenters. The number of aromatic nitrogens is 4. The molecule has 2 aliphatic carbocycles. The average molecular weight is 828 g/mol. The van der Waals surface area contributed by atoms with Crippen LogP contribution in [0, 0.1) is 11.3 Å². The highest BCUT2D eigenvalue weighted by Crippen LogP contribution is 2.63. The van der Waals surface area contributed by atoms with Crippen molar-refractivity contribution in [2.75, 3.05) is 0 Å². The zero-order valence-electron chi connectivity index (χ0n) is 34.7. The first-order chi connectivity index (χ1) is 32.2. The fourth-order valence-electron chi connectivity index (χ4n) is 11.1. The molecule has 12 aromatic rings. The smallest absolute Gasteiger partial charge is 0.167 e. The summed E-state index contributed by atoms with van der Waals surface area (Å²) >= 11 is 0. The molecular weight excluding hydrogens is 795 g/mol. The number of hydrogen-bond donors (Lipinski definition) is 0. The van der Waals surface area contributed by atoms with Crippen LogP contribution in [0.15, 0.2) is 205 Å². The van der Waals surface area contributed by atoms with E-state index in [4.69, 9.17) is 19.4 Å². The van der Waals surface area contributed by atoms with E-state index in [9.17, 15) is 5.26 Å². The van der Waals surface area contributed by atoms with E-state index < -0.39 is 5.41 Å². The molecule has 300 valence electrons. The van der Waals surface area contributed by atoms with Gasteiger partial charge in [0.25, 0.3) is 0 Å². The van der Waals surface area contributed by atoms with E-state index in [0.717, 1.165) is 49.4 Å². The normalized spacial score (nSPS) is 13.0. The number of rotatable bonds is 4. The van der Waals surface area contributed by atoms with Crippen LogP contribution in [0.5, 0.6) is 0 Å². The molecule has 0 atom stereocenters. The summed E-state index contributed by atoms with van der Waals surface area (Å²) in [7, 11) is 0. The highest BCUT2D eigenvalue weighted by atomic mass is 16.3. The van der Waals surface area contributed by atoms with Crippen molar-refractivity contribution in [3.63, 3.8) is 0 Å². The first-order valence-corrected chi connectivity index (χ1v) is 21.8. The SMILES string of the molecule is N#Cc1cc(-c2nc(-c3ccccc3)nc(-c3ccccc3)n2)c2oc3ccccc3c2c1-n1c2ccccc2c2cc3c(cc21)C1(c2ccccc2-c2ccccc21)c1ccccc1-3.